The first-order valence-corrected chi connectivity index (χ1v) is 10.1. The van der Waals surface area contributed by atoms with E-state index in [0.29, 0.717) is 17.4 Å². The third kappa shape index (κ3) is 3.63. The quantitative estimate of drug-likeness (QED) is 0.543. The number of hydrogen-bond donors (Lipinski definition) is 1. The monoisotopic (exact) mass is 395 g/mol. The van der Waals surface area contributed by atoms with Crippen LogP contribution in [0, 0.1) is 11.3 Å². The summed E-state index contributed by atoms with van der Waals surface area (Å²) in [7, 11) is 0. The molecule has 6 nitrogen and oxygen atoms in total. The number of aromatic nitrogens is 3. The number of rotatable bonds is 4. The number of nitrogens with zero attached hydrogens (tertiary/aromatic N) is 4. The Morgan fingerprint density at radius 2 is 1.87 bits per heavy atom. The number of piperidine rings is 1. The molecule has 1 aliphatic rings. The van der Waals surface area contributed by atoms with E-state index in [0.717, 1.165) is 53.7 Å². The first-order chi connectivity index (χ1) is 14.8. The first-order valence-electron chi connectivity index (χ1n) is 10.1. The van der Waals surface area contributed by atoms with Crippen molar-refractivity contribution in [1.29, 1.82) is 5.26 Å². The maximum atomic E-state index is 8.95. The van der Waals surface area contributed by atoms with Crippen molar-refractivity contribution in [3.05, 3.63) is 72.7 Å². The number of ether oxygens (including phenoxy) is 1. The van der Waals surface area contributed by atoms with Crippen molar-refractivity contribution in [1.82, 2.24) is 20.1 Å². The maximum absolute atomic E-state index is 8.95. The molecule has 5 rings (SSSR count). The van der Waals surface area contributed by atoms with Crippen molar-refractivity contribution in [3.8, 4) is 28.7 Å². The van der Waals surface area contributed by atoms with E-state index in [4.69, 9.17) is 10.00 Å². The average molecular weight is 395 g/mol. The molecular formula is C24H21N5O. The van der Waals surface area contributed by atoms with E-state index >= 15 is 0 Å². The predicted octanol–water partition coefficient (Wildman–Crippen LogP) is 4.69. The molecule has 1 N–H and O–H groups in total. The van der Waals surface area contributed by atoms with Gasteiger partial charge in [0.05, 0.1) is 29.4 Å². The fourth-order valence-corrected chi connectivity index (χ4v) is 3.87. The Labute approximate surface area is 174 Å². The molecule has 1 fully saturated rings. The predicted molar refractivity (Wildman–Crippen MR) is 115 cm³/mol. The van der Waals surface area contributed by atoms with Crippen LogP contribution in [0.3, 0.4) is 0 Å². The molecule has 1 saturated heterocycles. The third-order valence-corrected chi connectivity index (χ3v) is 5.53. The highest BCUT2D eigenvalue weighted by atomic mass is 16.5. The minimum absolute atomic E-state index is 0.464. The van der Waals surface area contributed by atoms with Crippen molar-refractivity contribution >= 4 is 10.9 Å². The lowest BCUT2D eigenvalue weighted by molar-refractivity contribution is 0.343. The first kappa shape index (κ1) is 18.3. The Hall–Kier alpha value is -3.69. The zero-order valence-electron chi connectivity index (χ0n) is 16.5. The molecule has 4 aromatic rings. The number of hydrogen-bond acceptors (Lipinski definition) is 5. The number of pyridine rings is 1. The summed E-state index contributed by atoms with van der Waals surface area (Å²) in [5.41, 5.74) is 3.66. The van der Waals surface area contributed by atoms with E-state index < -0.39 is 0 Å². The van der Waals surface area contributed by atoms with Gasteiger partial charge >= 0.3 is 0 Å². The summed E-state index contributed by atoms with van der Waals surface area (Å²) in [5, 5.41) is 17.9. The molecule has 0 saturated carbocycles. The molecule has 3 heterocycles. The van der Waals surface area contributed by atoms with Gasteiger partial charge in [-0.2, -0.15) is 10.4 Å². The Morgan fingerprint density at radius 3 is 2.67 bits per heavy atom. The Kier molecular flexibility index (Phi) is 4.88. The van der Waals surface area contributed by atoms with Crippen LogP contribution >= 0.6 is 0 Å². The van der Waals surface area contributed by atoms with Gasteiger partial charge in [-0.05, 0) is 74.0 Å². The van der Waals surface area contributed by atoms with Gasteiger partial charge in [0.2, 0.25) is 0 Å². The fraction of sp³-hybridized carbons (Fsp3) is 0.208. The van der Waals surface area contributed by atoms with Gasteiger partial charge in [0.15, 0.2) is 0 Å². The van der Waals surface area contributed by atoms with E-state index in [1.165, 1.54) is 0 Å². The summed E-state index contributed by atoms with van der Waals surface area (Å²) in [6, 6.07) is 17.7. The van der Waals surface area contributed by atoms with Gasteiger partial charge in [0.25, 0.3) is 0 Å². The molecule has 1 aliphatic heterocycles. The van der Waals surface area contributed by atoms with Crippen LogP contribution in [-0.2, 0) is 0 Å². The van der Waals surface area contributed by atoms with Gasteiger partial charge in [-0.15, -0.1) is 0 Å². The van der Waals surface area contributed by atoms with Crippen LogP contribution in [0.5, 0.6) is 11.5 Å². The summed E-state index contributed by atoms with van der Waals surface area (Å²) in [5.74, 6) is 1.43. The Balaban J connectivity index is 1.42. The molecular weight excluding hydrogens is 374 g/mol. The normalized spacial score (nSPS) is 14.5. The highest BCUT2D eigenvalue weighted by Gasteiger charge is 2.16. The third-order valence-electron chi connectivity index (χ3n) is 5.53. The molecule has 2 aromatic heterocycles. The molecule has 0 amide bonds. The zero-order valence-corrected chi connectivity index (χ0v) is 16.5. The van der Waals surface area contributed by atoms with Crippen molar-refractivity contribution in [3.63, 3.8) is 0 Å². The molecule has 148 valence electrons. The van der Waals surface area contributed by atoms with Crippen LogP contribution in [0.15, 0.2) is 67.1 Å². The number of nitrogens with one attached hydrogen (secondary N) is 1. The van der Waals surface area contributed by atoms with Crippen molar-refractivity contribution in [2.45, 2.75) is 18.9 Å². The zero-order chi connectivity index (χ0) is 20.3. The van der Waals surface area contributed by atoms with E-state index in [1.807, 2.05) is 18.3 Å². The van der Waals surface area contributed by atoms with E-state index in [-0.39, 0.29) is 0 Å². The standard InChI is InChI=1S/C24H21N5O/c25-14-17-1-4-21(5-2-17)30-24-9-12-27-23-13-18(3-6-22(23)24)19-15-28-29(16-19)20-7-10-26-11-8-20/h1-6,9,12-13,15-16,20,26H,7-8,10-11H2. The minimum atomic E-state index is 0.464. The molecule has 0 spiro atoms. The van der Waals surface area contributed by atoms with Gasteiger partial charge in [0.1, 0.15) is 11.5 Å². The smallest absolute Gasteiger partial charge is 0.138 e. The fourth-order valence-electron chi connectivity index (χ4n) is 3.87. The molecule has 2 aromatic carbocycles. The second-order valence-corrected chi connectivity index (χ2v) is 7.47. The lowest BCUT2D eigenvalue weighted by Gasteiger charge is -2.22. The topological polar surface area (TPSA) is 75.8 Å². The number of fused-ring (bicyclic) bond motifs is 1. The lowest BCUT2D eigenvalue weighted by Crippen LogP contribution is -2.29. The van der Waals surface area contributed by atoms with Gasteiger partial charge in [-0.25, -0.2) is 0 Å². The molecule has 6 heteroatoms. The van der Waals surface area contributed by atoms with Crippen LogP contribution in [0.4, 0.5) is 0 Å². The highest BCUT2D eigenvalue weighted by molar-refractivity contribution is 5.89. The summed E-state index contributed by atoms with van der Waals surface area (Å²) >= 11 is 0. The summed E-state index contributed by atoms with van der Waals surface area (Å²) in [6.07, 6.45) is 8.03. The molecule has 30 heavy (non-hydrogen) atoms. The van der Waals surface area contributed by atoms with Crippen LogP contribution in [-0.4, -0.2) is 27.9 Å². The van der Waals surface area contributed by atoms with Crippen molar-refractivity contribution in [2.75, 3.05) is 13.1 Å². The second kappa shape index (κ2) is 7.97. The number of benzene rings is 2. The second-order valence-electron chi connectivity index (χ2n) is 7.47. The molecule has 0 aliphatic carbocycles. The van der Waals surface area contributed by atoms with Crippen molar-refractivity contribution < 1.29 is 4.74 Å². The van der Waals surface area contributed by atoms with Crippen LogP contribution in [0.25, 0.3) is 22.0 Å². The average Bonchev–Trinajstić information content (AvgIpc) is 3.30. The number of nitriles is 1. The lowest BCUT2D eigenvalue weighted by atomic mass is 10.1. The summed E-state index contributed by atoms with van der Waals surface area (Å²) in [6.45, 7) is 2.09. The largest absolute Gasteiger partial charge is 0.457 e. The molecule has 0 radical (unpaired) electrons. The van der Waals surface area contributed by atoms with E-state index in [1.54, 1.807) is 30.5 Å². The van der Waals surface area contributed by atoms with Crippen LogP contribution in [0.2, 0.25) is 0 Å². The molecule has 0 atom stereocenters. The Bertz CT molecular complexity index is 1220. The van der Waals surface area contributed by atoms with Gasteiger partial charge in [-0.1, -0.05) is 6.07 Å². The van der Waals surface area contributed by atoms with Crippen LogP contribution in [0.1, 0.15) is 24.4 Å². The SMILES string of the molecule is N#Cc1ccc(Oc2ccnc3cc(-c4cnn(C5CCNCC5)c4)ccc23)cc1. The molecule has 0 bridgehead atoms. The Morgan fingerprint density at radius 1 is 1.03 bits per heavy atom. The van der Waals surface area contributed by atoms with Gasteiger partial charge < -0.3 is 10.1 Å². The van der Waals surface area contributed by atoms with E-state index in [9.17, 15) is 0 Å². The maximum Gasteiger partial charge on any atom is 0.138 e. The van der Waals surface area contributed by atoms with E-state index in [2.05, 4.69) is 44.5 Å². The summed E-state index contributed by atoms with van der Waals surface area (Å²) in [4.78, 5) is 4.54. The molecule has 0 unspecified atom stereocenters. The van der Waals surface area contributed by atoms with Crippen molar-refractivity contribution in [2.24, 2.45) is 0 Å². The highest BCUT2D eigenvalue weighted by Crippen LogP contribution is 2.32. The minimum Gasteiger partial charge on any atom is -0.457 e. The van der Waals surface area contributed by atoms with Crippen LogP contribution < -0.4 is 10.1 Å². The van der Waals surface area contributed by atoms with Gasteiger partial charge in [-0.3, -0.25) is 9.67 Å². The summed E-state index contributed by atoms with van der Waals surface area (Å²) < 4.78 is 8.14. The van der Waals surface area contributed by atoms with Gasteiger partial charge in [0, 0.05) is 23.3 Å².